The van der Waals surface area contributed by atoms with E-state index in [1.54, 1.807) is 18.5 Å². The Hall–Kier alpha value is -3.73. The highest BCUT2D eigenvalue weighted by Crippen LogP contribution is 2.22. The molecule has 0 fully saturated rings. The minimum absolute atomic E-state index is 0.129. The van der Waals surface area contributed by atoms with E-state index < -0.39 is 0 Å². The summed E-state index contributed by atoms with van der Waals surface area (Å²) in [6, 6.07) is 23.4. The van der Waals surface area contributed by atoms with E-state index in [1.165, 1.54) is 0 Å². The molecule has 0 aliphatic rings. The number of nitrogens with zero attached hydrogens (tertiary/aromatic N) is 3. The van der Waals surface area contributed by atoms with Gasteiger partial charge in [-0.3, -0.25) is 9.78 Å². The van der Waals surface area contributed by atoms with Crippen LogP contribution in [0, 0.1) is 6.92 Å². The molecular formula is C23H20N4O. The Balaban J connectivity index is 1.54. The number of pyridine rings is 1. The summed E-state index contributed by atoms with van der Waals surface area (Å²) >= 11 is 0. The van der Waals surface area contributed by atoms with Crippen LogP contribution in [0.1, 0.15) is 21.6 Å². The summed E-state index contributed by atoms with van der Waals surface area (Å²) in [5, 5.41) is 7.39. The van der Waals surface area contributed by atoms with Crippen LogP contribution in [-0.4, -0.2) is 20.7 Å². The summed E-state index contributed by atoms with van der Waals surface area (Å²) in [4.78, 5) is 16.9. The molecule has 0 atom stereocenters. The number of aryl methyl sites for hydroxylation is 1. The first-order valence-electron chi connectivity index (χ1n) is 9.10. The second-order valence-corrected chi connectivity index (χ2v) is 6.54. The van der Waals surface area contributed by atoms with Gasteiger partial charge >= 0.3 is 0 Å². The molecule has 4 rings (SSSR count). The van der Waals surface area contributed by atoms with E-state index in [0.29, 0.717) is 12.1 Å². The van der Waals surface area contributed by atoms with Crippen LogP contribution in [0.3, 0.4) is 0 Å². The molecule has 0 saturated carbocycles. The molecule has 4 aromatic rings. The lowest BCUT2D eigenvalue weighted by Gasteiger charge is -2.10. The maximum absolute atomic E-state index is 12.6. The van der Waals surface area contributed by atoms with Crippen molar-refractivity contribution in [1.29, 1.82) is 0 Å². The molecule has 0 spiro atoms. The van der Waals surface area contributed by atoms with Gasteiger partial charge in [-0.05, 0) is 42.8 Å². The van der Waals surface area contributed by atoms with Gasteiger partial charge in [-0.25, -0.2) is 4.68 Å². The van der Waals surface area contributed by atoms with Crippen molar-refractivity contribution in [3.63, 3.8) is 0 Å². The highest BCUT2D eigenvalue weighted by Gasteiger charge is 2.11. The van der Waals surface area contributed by atoms with Crippen LogP contribution in [0.4, 0.5) is 0 Å². The van der Waals surface area contributed by atoms with Crippen molar-refractivity contribution in [3.8, 4) is 16.9 Å². The van der Waals surface area contributed by atoms with Crippen LogP contribution in [0.25, 0.3) is 16.9 Å². The molecule has 0 unspecified atom stereocenters. The van der Waals surface area contributed by atoms with Gasteiger partial charge in [-0.15, -0.1) is 0 Å². The van der Waals surface area contributed by atoms with Gasteiger partial charge in [-0.1, -0.05) is 42.5 Å². The number of rotatable bonds is 5. The van der Waals surface area contributed by atoms with Crippen molar-refractivity contribution in [2.75, 3.05) is 0 Å². The molecule has 5 heteroatoms. The topological polar surface area (TPSA) is 59.8 Å². The van der Waals surface area contributed by atoms with E-state index in [2.05, 4.69) is 15.4 Å². The third kappa shape index (κ3) is 3.83. The van der Waals surface area contributed by atoms with Gasteiger partial charge in [0.25, 0.3) is 5.91 Å². The Morgan fingerprint density at radius 2 is 1.86 bits per heavy atom. The molecule has 0 saturated heterocycles. The Kier molecular flexibility index (Phi) is 4.97. The maximum Gasteiger partial charge on any atom is 0.251 e. The van der Waals surface area contributed by atoms with E-state index in [1.807, 2.05) is 78.3 Å². The summed E-state index contributed by atoms with van der Waals surface area (Å²) in [6.07, 6.45) is 3.54. The zero-order valence-corrected chi connectivity index (χ0v) is 15.5. The second kappa shape index (κ2) is 7.88. The van der Waals surface area contributed by atoms with Gasteiger partial charge in [-0.2, -0.15) is 5.10 Å². The maximum atomic E-state index is 12.6. The Morgan fingerprint density at radius 1 is 1.00 bits per heavy atom. The molecule has 0 aliphatic carbocycles. The quantitative estimate of drug-likeness (QED) is 0.575. The third-order valence-electron chi connectivity index (χ3n) is 4.49. The lowest BCUT2D eigenvalue weighted by Crippen LogP contribution is -2.23. The number of hydrogen-bond acceptors (Lipinski definition) is 3. The molecule has 0 aliphatic heterocycles. The van der Waals surface area contributed by atoms with Crippen molar-refractivity contribution in [2.24, 2.45) is 0 Å². The molecule has 0 bridgehead atoms. The second-order valence-electron chi connectivity index (χ2n) is 6.54. The van der Waals surface area contributed by atoms with Gasteiger partial charge in [0, 0.05) is 29.6 Å². The van der Waals surface area contributed by atoms with Gasteiger partial charge in [0.05, 0.1) is 17.6 Å². The van der Waals surface area contributed by atoms with Gasteiger partial charge in [0.1, 0.15) is 0 Å². The number of carbonyl (C=O) groups excluding carboxylic acids is 1. The number of hydrogen-bond donors (Lipinski definition) is 1. The number of benzene rings is 2. The molecular weight excluding hydrogens is 348 g/mol. The minimum atomic E-state index is -0.129. The predicted octanol–water partition coefficient (Wildman–Crippen LogP) is 4.17. The average Bonchev–Trinajstić information content (AvgIpc) is 3.24. The van der Waals surface area contributed by atoms with Crippen molar-refractivity contribution >= 4 is 5.91 Å². The number of amides is 1. The first-order chi connectivity index (χ1) is 13.7. The van der Waals surface area contributed by atoms with Crippen molar-refractivity contribution in [1.82, 2.24) is 20.1 Å². The molecule has 138 valence electrons. The minimum Gasteiger partial charge on any atom is -0.348 e. The molecule has 28 heavy (non-hydrogen) atoms. The zero-order valence-electron chi connectivity index (χ0n) is 15.5. The fourth-order valence-electron chi connectivity index (χ4n) is 3.00. The largest absolute Gasteiger partial charge is 0.348 e. The molecule has 2 aromatic heterocycles. The van der Waals surface area contributed by atoms with Crippen LogP contribution in [0.2, 0.25) is 0 Å². The molecule has 1 amide bonds. The van der Waals surface area contributed by atoms with E-state index in [4.69, 9.17) is 0 Å². The van der Waals surface area contributed by atoms with E-state index in [0.717, 1.165) is 28.2 Å². The Morgan fingerprint density at radius 3 is 2.64 bits per heavy atom. The highest BCUT2D eigenvalue weighted by molar-refractivity contribution is 5.94. The highest BCUT2D eigenvalue weighted by atomic mass is 16.1. The summed E-state index contributed by atoms with van der Waals surface area (Å²) in [7, 11) is 0. The third-order valence-corrected chi connectivity index (χ3v) is 4.49. The molecule has 1 N–H and O–H groups in total. The zero-order chi connectivity index (χ0) is 19.3. The van der Waals surface area contributed by atoms with E-state index in [-0.39, 0.29) is 5.91 Å². The van der Waals surface area contributed by atoms with Crippen LogP contribution in [0.15, 0.2) is 85.2 Å². The monoisotopic (exact) mass is 368 g/mol. The average molecular weight is 368 g/mol. The van der Waals surface area contributed by atoms with Crippen molar-refractivity contribution in [2.45, 2.75) is 13.5 Å². The van der Waals surface area contributed by atoms with E-state index in [9.17, 15) is 4.79 Å². The fraction of sp³-hybridized carbons (Fsp3) is 0.0870. The summed E-state index contributed by atoms with van der Waals surface area (Å²) in [5.74, 6) is -0.129. The van der Waals surface area contributed by atoms with Gasteiger partial charge in [0.2, 0.25) is 0 Å². The molecule has 5 nitrogen and oxygen atoms in total. The number of aromatic nitrogens is 3. The standard InChI is InChI=1S/C23H20N4O/c1-17-10-11-18(15-24-17)16-25-23(28)20-8-5-9-21(14-20)27-22(12-13-26-27)19-6-3-2-4-7-19/h2-15H,16H2,1H3,(H,25,28). The van der Waals surface area contributed by atoms with Crippen LogP contribution in [-0.2, 0) is 6.54 Å². The predicted molar refractivity (Wildman–Crippen MR) is 109 cm³/mol. The molecule has 2 heterocycles. The number of carbonyl (C=O) groups is 1. The lowest BCUT2D eigenvalue weighted by atomic mass is 10.1. The summed E-state index contributed by atoms with van der Waals surface area (Å²) in [6.45, 7) is 2.38. The first-order valence-corrected chi connectivity index (χ1v) is 9.10. The number of nitrogens with one attached hydrogen (secondary N) is 1. The van der Waals surface area contributed by atoms with Gasteiger partial charge in [0.15, 0.2) is 0 Å². The SMILES string of the molecule is Cc1ccc(CNC(=O)c2cccc(-n3nccc3-c3ccccc3)c2)cn1. The van der Waals surface area contributed by atoms with Crippen LogP contribution >= 0.6 is 0 Å². The molecule has 0 radical (unpaired) electrons. The van der Waals surface area contributed by atoms with Crippen molar-refractivity contribution < 1.29 is 4.79 Å². The van der Waals surface area contributed by atoms with Crippen LogP contribution in [0.5, 0.6) is 0 Å². The smallest absolute Gasteiger partial charge is 0.251 e. The first kappa shape index (κ1) is 17.7. The summed E-state index contributed by atoms with van der Waals surface area (Å²) < 4.78 is 1.84. The van der Waals surface area contributed by atoms with Crippen LogP contribution < -0.4 is 5.32 Å². The Bertz CT molecular complexity index is 1090. The normalized spacial score (nSPS) is 10.6. The fourth-order valence-corrected chi connectivity index (χ4v) is 3.00. The summed E-state index contributed by atoms with van der Waals surface area (Å²) in [5.41, 5.74) is 5.40. The van der Waals surface area contributed by atoms with E-state index >= 15 is 0 Å². The van der Waals surface area contributed by atoms with Gasteiger partial charge < -0.3 is 5.32 Å². The lowest BCUT2D eigenvalue weighted by molar-refractivity contribution is 0.0951. The van der Waals surface area contributed by atoms with Crippen molar-refractivity contribution in [3.05, 3.63) is 102 Å². The Labute approximate surface area is 163 Å². The molecule has 2 aromatic carbocycles.